The van der Waals surface area contributed by atoms with Gasteiger partial charge >= 0.3 is 0 Å². The van der Waals surface area contributed by atoms with E-state index in [-0.39, 0.29) is 29.4 Å². The van der Waals surface area contributed by atoms with E-state index in [0.29, 0.717) is 0 Å². The van der Waals surface area contributed by atoms with Gasteiger partial charge < -0.3 is 19.7 Å². The van der Waals surface area contributed by atoms with Gasteiger partial charge in [0.15, 0.2) is 0 Å². The van der Waals surface area contributed by atoms with E-state index in [1.54, 1.807) is 0 Å². The van der Waals surface area contributed by atoms with Crippen molar-refractivity contribution in [1.29, 1.82) is 0 Å². The SMILES string of the molecule is COc1ccc(S(=O)(=O)N(C)CCO)cc1C(=O)[O-]. The molecule has 0 saturated carbocycles. The highest BCUT2D eigenvalue weighted by Crippen LogP contribution is 2.23. The molecule has 0 spiro atoms. The molecule has 1 rings (SSSR count). The fourth-order valence-electron chi connectivity index (χ4n) is 1.45. The van der Waals surface area contributed by atoms with Crippen LogP contribution in [0.4, 0.5) is 0 Å². The van der Waals surface area contributed by atoms with Gasteiger partial charge in [0.25, 0.3) is 0 Å². The number of nitrogens with zero attached hydrogens (tertiary/aromatic N) is 1. The molecule has 0 aromatic heterocycles. The third-order valence-electron chi connectivity index (χ3n) is 2.51. The summed E-state index contributed by atoms with van der Waals surface area (Å²) in [5, 5.41) is 19.7. The number of aliphatic hydroxyl groups is 1. The Bertz CT molecular complexity index is 569. The number of ether oxygens (including phenoxy) is 1. The molecule has 0 aliphatic rings. The third kappa shape index (κ3) is 3.22. The van der Waals surface area contributed by atoms with E-state index in [2.05, 4.69) is 0 Å². The first-order valence-corrected chi connectivity index (χ1v) is 6.75. The van der Waals surface area contributed by atoms with Crippen LogP contribution in [-0.4, -0.2) is 51.1 Å². The summed E-state index contributed by atoms with van der Waals surface area (Å²) < 4.78 is 29.9. The summed E-state index contributed by atoms with van der Waals surface area (Å²) >= 11 is 0. The molecule has 8 heteroatoms. The zero-order valence-electron chi connectivity index (χ0n) is 10.5. The maximum absolute atomic E-state index is 12.1. The second-order valence-electron chi connectivity index (χ2n) is 3.70. The van der Waals surface area contributed by atoms with Gasteiger partial charge in [-0.1, -0.05) is 0 Å². The number of aliphatic hydroxyl groups excluding tert-OH is 1. The molecule has 7 nitrogen and oxygen atoms in total. The number of hydrogen-bond acceptors (Lipinski definition) is 6. The van der Waals surface area contributed by atoms with Crippen molar-refractivity contribution in [3.63, 3.8) is 0 Å². The van der Waals surface area contributed by atoms with E-state index in [1.165, 1.54) is 26.3 Å². The first-order chi connectivity index (χ1) is 8.84. The highest BCUT2D eigenvalue weighted by Gasteiger charge is 2.21. The highest BCUT2D eigenvalue weighted by atomic mass is 32.2. The largest absolute Gasteiger partial charge is 0.545 e. The maximum atomic E-state index is 12.1. The van der Waals surface area contributed by atoms with Crippen LogP contribution < -0.4 is 9.84 Å². The van der Waals surface area contributed by atoms with Gasteiger partial charge in [-0.15, -0.1) is 0 Å². The Labute approximate surface area is 111 Å². The molecular formula is C11H14NO6S-. The molecule has 0 amide bonds. The van der Waals surface area contributed by atoms with Crippen molar-refractivity contribution in [3.05, 3.63) is 23.8 Å². The molecule has 0 atom stereocenters. The highest BCUT2D eigenvalue weighted by molar-refractivity contribution is 7.89. The van der Waals surface area contributed by atoms with Crippen LogP contribution in [0.15, 0.2) is 23.1 Å². The minimum atomic E-state index is -3.86. The number of hydrogen-bond donors (Lipinski definition) is 1. The van der Waals surface area contributed by atoms with E-state index < -0.39 is 16.0 Å². The molecule has 0 saturated heterocycles. The molecule has 0 heterocycles. The first-order valence-electron chi connectivity index (χ1n) is 5.31. The fourth-order valence-corrected chi connectivity index (χ4v) is 2.64. The Morgan fingerprint density at radius 3 is 2.58 bits per heavy atom. The summed E-state index contributed by atoms with van der Waals surface area (Å²) in [6.07, 6.45) is 0. The van der Waals surface area contributed by atoms with Crippen molar-refractivity contribution in [1.82, 2.24) is 4.31 Å². The average Bonchev–Trinajstić information content (AvgIpc) is 2.38. The second kappa shape index (κ2) is 6.00. The van der Waals surface area contributed by atoms with Gasteiger partial charge in [-0.3, -0.25) is 0 Å². The monoisotopic (exact) mass is 288 g/mol. The summed E-state index contributed by atoms with van der Waals surface area (Å²) in [5.74, 6) is -1.51. The van der Waals surface area contributed by atoms with Crippen molar-refractivity contribution < 1.29 is 28.2 Å². The number of carboxylic acid groups (broad SMARTS) is 1. The molecule has 0 unspecified atom stereocenters. The van der Waals surface area contributed by atoms with Crippen LogP contribution >= 0.6 is 0 Å². The third-order valence-corrected chi connectivity index (χ3v) is 4.37. The molecule has 1 N–H and O–H groups in total. The molecular weight excluding hydrogens is 274 g/mol. The van der Waals surface area contributed by atoms with E-state index in [9.17, 15) is 18.3 Å². The Kier molecular flexibility index (Phi) is 4.87. The summed E-state index contributed by atoms with van der Waals surface area (Å²) in [4.78, 5) is 10.7. The van der Waals surface area contributed by atoms with Crippen molar-refractivity contribution in [2.45, 2.75) is 4.90 Å². The van der Waals surface area contributed by atoms with Gasteiger partial charge in [-0.25, -0.2) is 8.42 Å². The van der Waals surface area contributed by atoms with E-state index in [4.69, 9.17) is 9.84 Å². The zero-order chi connectivity index (χ0) is 14.6. The normalized spacial score (nSPS) is 11.6. The Morgan fingerprint density at radius 1 is 1.47 bits per heavy atom. The Hall–Kier alpha value is -1.64. The van der Waals surface area contributed by atoms with E-state index in [0.717, 1.165) is 10.4 Å². The molecule has 106 valence electrons. The van der Waals surface area contributed by atoms with Crippen LogP contribution in [0, 0.1) is 0 Å². The van der Waals surface area contributed by atoms with Crippen LogP contribution in [0.3, 0.4) is 0 Å². The fraction of sp³-hybridized carbons (Fsp3) is 0.364. The van der Waals surface area contributed by atoms with Gasteiger partial charge in [-0.2, -0.15) is 4.31 Å². The number of carboxylic acids is 1. The second-order valence-corrected chi connectivity index (χ2v) is 5.74. The molecule has 1 aromatic rings. The lowest BCUT2D eigenvalue weighted by molar-refractivity contribution is -0.255. The van der Waals surface area contributed by atoms with Crippen molar-refractivity contribution >= 4 is 16.0 Å². The lowest BCUT2D eigenvalue weighted by Crippen LogP contribution is -2.30. The topological polar surface area (TPSA) is 107 Å². The number of likely N-dealkylation sites (N-methyl/N-ethyl adjacent to an activating group) is 1. The smallest absolute Gasteiger partial charge is 0.242 e. The molecule has 0 aliphatic carbocycles. The number of carbonyl (C=O) groups excluding carboxylic acids is 1. The van der Waals surface area contributed by atoms with E-state index >= 15 is 0 Å². The molecule has 0 aliphatic heterocycles. The van der Waals surface area contributed by atoms with Crippen molar-refractivity contribution in [3.8, 4) is 5.75 Å². The van der Waals surface area contributed by atoms with Crippen LogP contribution in [0.1, 0.15) is 10.4 Å². The van der Waals surface area contributed by atoms with Gasteiger partial charge in [0.05, 0.1) is 24.6 Å². The Balaban J connectivity index is 3.29. The number of methoxy groups -OCH3 is 1. The summed E-state index contributed by atoms with van der Waals surface area (Å²) in [6.45, 7) is -0.422. The van der Waals surface area contributed by atoms with Gasteiger partial charge in [-0.05, 0) is 18.2 Å². The number of aromatic carboxylic acids is 1. The number of rotatable bonds is 6. The van der Waals surface area contributed by atoms with Gasteiger partial charge in [0, 0.05) is 19.2 Å². The quantitative estimate of drug-likeness (QED) is 0.695. The van der Waals surface area contributed by atoms with Crippen LogP contribution in [0.5, 0.6) is 5.75 Å². The van der Waals surface area contributed by atoms with Gasteiger partial charge in [0.1, 0.15) is 5.75 Å². The predicted molar refractivity (Wildman–Crippen MR) is 64.2 cm³/mol. The number of sulfonamides is 1. The van der Waals surface area contributed by atoms with E-state index in [1.807, 2.05) is 0 Å². The lowest BCUT2D eigenvalue weighted by atomic mass is 10.2. The molecule has 19 heavy (non-hydrogen) atoms. The van der Waals surface area contributed by atoms with Crippen LogP contribution in [-0.2, 0) is 10.0 Å². The van der Waals surface area contributed by atoms with Crippen LogP contribution in [0.25, 0.3) is 0 Å². The standard InChI is InChI=1S/C11H15NO6S/c1-12(5-6-13)19(16,17)8-3-4-10(18-2)9(7-8)11(14)15/h3-4,7,13H,5-6H2,1-2H3,(H,14,15)/p-1. The summed E-state index contributed by atoms with van der Waals surface area (Å²) in [6, 6.07) is 3.44. The first kappa shape index (κ1) is 15.4. The minimum Gasteiger partial charge on any atom is -0.545 e. The predicted octanol–water partition coefficient (Wildman–Crippen LogP) is -1.33. The van der Waals surface area contributed by atoms with Crippen molar-refractivity contribution in [2.24, 2.45) is 0 Å². The lowest BCUT2D eigenvalue weighted by Gasteiger charge is -2.17. The van der Waals surface area contributed by atoms with Crippen molar-refractivity contribution in [2.75, 3.05) is 27.3 Å². The summed E-state index contributed by atoms with van der Waals surface area (Å²) in [5.41, 5.74) is -0.346. The molecule has 0 fully saturated rings. The summed E-state index contributed by atoms with van der Waals surface area (Å²) in [7, 11) is -1.30. The minimum absolute atomic E-state index is 0.0174. The number of benzene rings is 1. The molecule has 0 bridgehead atoms. The average molecular weight is 288 g/mol. The Morgan fingerprint density at radius 2 is 2.11 bits per heavy atom. The maximum Gasteiger partial charge on any atom is 0.242 e. The molecule has 0 radical (unpaired) electrons. The van der Waals surface area contributed by atoms with Gasteiger partial charge in [0.2, 0.25) is 10.0 Å². The molecule has 1 aromatic carbocycles. The zero-order valence-corrected chi connectivity index (χ0v) is 11.3. The van der Waals surface area contributed by atoms with Crippen LogP contribution in [0.2, 0.25) is 0 Å². The number of carbonyl (C=O) groups is 1.